The minimum absolute atomic E-state index is 0.859. The highest BCUT2D eigenvalue weighted by Gasteiger charge is 1.94. The van der Waals surface area contributed by atoms with Gasteiger partial charge < -0.3 is 5.11 Å². The summed E-state index contributed by atoms with van der Waals surface area (Å²) in [5.41, 5.74) is 0.859. The van der Waals surface area contributed by atoms with Crippen LogP contribution in [0.2, 0.25) is 0 Å². The van der Waals surface area contributed by atoms with E-state index in [9.17, 15) is 4.79 Å². The molecule has 3 heteroatoms. The number of fused-ring (bicyclic) bond motifs is 1. The molecule has 3 nitrogen and oxygen atoms in total. The Kier molecular flexibility index (Phi) is 2.46. The molecule has 0 saturated heterocycles. The summed E-state index contributed by atoms with van der Waals surface area (Å²) >= 11 is 0. The molecule has 0 aliphatic carbocycles. The van der Waals surface area contributed by atoms with E-state index < -0.39 is 5.97 Å². The molecule has 0 bridgehead atoms. The van der Waals surface area contributed by atoms with Gasteiger partial charge in [0.2, 0.25) is 0 Å². The summed E-state index contributed by atoms with van der Waals surface area (Å²) < 4.78 is 0. The third-order valence-electron chi connectivity index (χ3n) is 2.08. The van der Waals surface area contributed by atoms with Crippen LogP contribution in [0.5, 0.6) is 0 Å². The van der Waals surface area contributed by atoms with Crippen LogP contribution in [0.25, 0.3) is 16.8 Å². The van der Waals surface area contributed by atoms with Gasteiger partial charge in [0.05, 0.1) is 0 Å². The third-order valence-corrected chi connectivity index (χ3v) is 2.08. The van der Waals surface area contributed by atoms with Gasteiger partial charge >= 0.3 is 5.97 Å². The summed E-state index contributed by atoms with van der Waals surface area (Å²) in [6.45, 7) is 0. The van der Waals surface area contributed by atoms with Gasteiger partial charge in [-0.15, -0.1) is 0 Å². The van der Waals surface area contributed by atoms with Crippen LogP contribution in [0, 0.1) is 0 Å². The number of carboxylic acid groups (broad SMARTS) is 1. The van der Waals surface area contributed by atoms with Crippen molar-refractivity contribution in [2.75, 3.05) is 0 Å². The van der Waals surface area contributed by atoms with Crippen molar-refractivity contribution >= 4 is 22.8 Å². The predicted molar refractivity (Wildman–Crippen MR) is 58.4 cm³/mol. The molecule has 0 amide bonds. The first-order valence-corrected chi connectivity index (χ1v) is 4.50. The molecular formula is C12H9NO2. The molecule has 0 fully saturated rings. The Balaban J connectivity index is 2.43. The van der Waals surface area contributed by atoms with Crippen LogP contribution in [-0.4, -0.2) is 16.1 Å². The second-order valence-corrected chi connectivity index (χ2v) is 3.15. The van der Waals surface area contributed by atoms with E-state index in [1.807, 2.05) is 24.3 Å². The average molecular weight is 199 g/mol. The van der Waals surface area contributed by atoms with Crippen molar-refractivity contribution in [3.63, 3.8) is 0 Å². The van der Waals surface area contributed by atoms with Crippen molar-refractivity contribution in [3.05, 3.63) is 48.3 Å². The Morgan fingerprint density at radius 3 is 2.93 bits per heavy atom. The molecule has 15 heavy (non-hydrogen) atoms. The fourth-order valence-corrected chi connectivity index (χ4v) is 1.37. The average Bonchev–Trinajstić information content (AvgIpc) is 2.26. The van der Waals surface area contributed by atoms with Gasteiger partial charge in [0.1, 0.15) is 0 Å². The van der Waals surface area contributed by atoms with Gasteiger partial charge in [0.15, 0.2) is 0 Å². The number of aromatic nitrogens is 1. The summed E-state index contributed by atoms with van der Waals surface area (Å²) in [7, 11) is 0. The lowest BCUT2D eigenvalue weighted by atomic mass is 10.1. The molecule has 0 atom stereocenters. The van der Waals surface area contributed by atoms with Crippen molar-refractivity contribution < 1.29 is 9.90 Å². The van der Waals surface area contributed by atoms with Crippen molar-refractivity contribution in [1.82, 2.24) is 4.98 Å². The SMILES string of the molecule is O=C(O)/C=C/c1ccc2ccncc2c1. The van der Waals surface area contributed by atoms with Gasteiger partial charge in [0, 0.05) is 23.9 Å². The quantitative estimate of drug-likeness (QED) is 0.755. The minimum atomic E-state index is -0.943. The second-order valence-electron chi connectivity index (χ2n) is 3.15. The van der Waals surface area contributed by atoms with E-state index in [4.69, 9.17) is 5.11 Å². The van der Waals surface area contributed by atoms with Gasteiger partial charge in [-0.25, -0.2) is 4.79 Å². The van der Waals surface area contributed by atoms with E-state index in [0.29, 0.717) is 0 Å². The second kappa shape index (κ2) is 3.92. The number of pyridine rings is 1. The monoisotopic (exact) mass is 199 g/mol. The number of nitrogens with zero attached hydrogens (tertiary/aromatic N) is 1. The molecule has 1 heterocycles. The largest absolute Gasteiger partial charge is 0.478 e. The molecule has 0 radical (unpaired) electrons. The first-order valence-electron chi connectivity index (χ1n) is 4.50. The zero-order valence-corrected chi connectivity index (χ0v) is 7.92. The van der Waals surface area contributed by atoms with Crippen molar-refractivity contribution in [3.8, 4) is 0 Å². The van der Waals surface area contributed by atoms with Gasteiger partial charge in [-0.1, -0.05) is 12.1 Å². The Hall–Kier alpha value is -2.16. The molecular weight excluding hydrogens is 190 g/mol. The number of rotatable bonds is 2. The molecule has 2 aromatic rings. The smallest absolute Gasteiger partial charge is 0.328 e. The minimum Gasteiger partial charge on any atom is -0.478 e. The number of hydrogen-bond donors (Lipinski definition) is 1. The molecule has 1 N–H and O–H groups in total. The lowest BCUT2D eigenvalue weighted by Crippen LogP contribution is -1.85. The maximum atomic E-state index is 10.3. The van der Waals surface area contributed by atoms with Crippen LogP contribution in [0.15, 0.2) is 42.7 Å². The highest BCUT2D eigenvalue weighted by atomic mass is 16.4. The van der Waals surface area contributed by atoms with E-state index in [1.54, 1.807) is 18.5 Å². The number of benzene rings is 1. The Bertz CT molecular complexity index is 532. The molecule has 2 rings (SSSR count). The Morgan fingerprint density at radius 2 is 2.13 bits per heavy atom. The zero-order valence-electron chi connectivity index (χ0n) is 7.92. The van der Waals surface area contributed by atoms with Crippen LogP contribution in [0.3, 0.4) is 0 Å². The van der Waals surface area contributed by atoms with Gasteiger partial charge in [-0.3, -0.25) is 4.98 Å². The normalized spacial score (nSPS) is 10.9. The molecule has 0 aliphatic heterocycles. The molecule has 1 aromatic carbocycles. The first-order chi connectivity index (χ1) is 7.25. The lowest BCUT2D eigenvalue weighted by Gasteiger charge is -1.97. The summed E-state index contributed by atoms with van der Waals surface area (Å²) in [5, 5.41) is 10.6. The van der Waals surface area contributed by atoms with Crippen LogP contribution in [0.1, 0.15) is 5.56 Å². The van der Waals surface area contributed by atoms with E-state index >= 15 is 0 Å². The number of aliphatic carboxylic acids is 1. The number of hydrogen-bond acceptors (Lipinski definition) is 2. The van der Waals surface area contributed by atoms with Crippen LogP contribution in [0.4, 0.5) is 0 Å². The number of carboxylic acids is 1. The fraction of sp³-hybridized carbons (Fsp3) is 0. The lowest BCUT2D eigenvalue weighted by molar-refractivity contribution is -0.131. The standard InChI is InChI=1S/C12H9NO2/c14-12(15)4-2-9-1-3-10-5-6-13-8-11(10)7-9/h1-8H,(H,14,15)/b4-2+. The molecule has 0 spiro atoms. The molecule has 74 valence electrons. The summed E-state index contributed by atoms with van der Waals surface area (Å²) in [6, 6.07) is 7.64. The van der Waals surface area contributed by atoms with Crippen molar-refractivity contribution in [2.24, 2.45) is 0 Å². The van der Waals surface area contributed by atoms with Crippen molar-refractivity contribution in [2.45, 2.75) is 0 Å². The molecule has 0 saturated carbocycles. The van der Waals surface area contributed by atoms with E-state index in [0.717, 1.165) is 22.4 Å². The topological polar surface area (TPSA) is 50.2 Å². The zero-order chi connectivity index (χ0) is 10.7. The maximum Gasteiger partial charge on any atom is 0.328 e. The molecule has 0 aliphatic rings. The highest BCUT2D eigenvalue weighted by Crippen LogP contribution is 2.15. The highest BCUT2D eigenvalue weighted by molar-refractivity contribution is 5.88. The van der Waals surface area contributed by atoms with Crippen molar-refractivity contribution in [1.29, 1.82) is 0 Å². The van der Waals surface area contributed by atoms with Gasteiger partial charge in [-0.05, 0) is 29.2 Å². The van der Waals surface area contributed by atoms with Gasteiger partial charge in [0.25, 0.3) is 0 Å². The van der Waals surface area contributed by atoms with E-state index in [2.05, 4.69) is 4.98 Å². The molecule has 0 unspecified atom stereocenters. The van der Waals surface area contributed by atoms with Crippen LogP contribution >= 0.6 is 0 Å². The summed E-state index contributed by atoms with van der Waals surface area (Å²) in [6.07, 6.45) is 6.18. The number of carbonyl (C=O) groups is 1. The summed E-state index contributed by atoms with van der Waals surface area (Å²) in [5.74, 6) is -0.943. The Morgan fingerprint density at radius 1 is 1.27 bits per heavy atom. The van der Waals surface area contributed by atoms with E-state index in [1.165, 1.54) is 0 Å². The Labute approximate surface area is 86.7 Å². The maximum absolute atomic E-state index is 10.3. The van der Waals surface area contributed by atoms with E-state index in [-0.39, 0.29) is 0 Å². The third kappa shape index (κ3) is 2.20. The van der Waals surface area contributed by atoms with Crippen LogP contribution < -0.4 is 0 Å². The summed E-state index contributed by atoms with van der Waals surface area (Å²) in [4.78, 5) is 14.3. The van der Waals surface area contributed by atoms with Crippen LogP contribution in [-0.2, 0) is 4.79 Å². The fourth-order valence-electron chi connectivity index (χ4n) is 1.37. The predicted octanol–water partition coefficient (Wildman–Crippen LogP) is 2.33. The first kappa shape index (κ1) is 9.40. The molecule has 1 aromatic heterocycles. The van der Waals surface area contributed by atoms with Gasteiger partial charge in [-0.2, -0.15) is 0 Å².